The van der Waals surface area contributed by atoms with Crippen molar-refractivity contribution in [3.63, 3.8) is 0 Å². The molecule has 0 unspecified atom stereocenters. The van der Waals surface area contributed by atoms with E-state index in [0.717, 1.165) is 12.0 Å². The molecule has 5 heteroatoms. The van der Waals surface area contributed by atoms with Gasteiger partial charge in [-0.2, -0.15) is 0 Å². The Morgan fingerprint density at radius 1 is 1.09 bits per heavy atom. The standard InChI is InChI=1S/C17H17ClN2O2/c1-12(21)20-16-7-5-14(6-8-16)17(22)19-10-9-13-3-2-4-15(18)11-13/h2-8,11H,9-10H2,1H3,(H,19,22)(H,20,21). The second kappa shape index (κ2) is 7.61. The van der Waals surface area contributed by atoms with Gasteiger partial charge >= 0.3 is 0 Å². The molecule has 0 spiro atoms. The van der Waals surface area contributed by atoms with Crippen molar-refractivity contribution < 1.29 is 9.59 Å². The van der Waals surface area contributed by atoms with E-state index < -0.39 is 0 Å². The molecule has 0 saturated carbocycles. The van der Waals surface area contributed by atoms with Gasteiger partial charge in [-0.25, -0.2) is 0 Å². The lowest BCUT2D eigenvalue weighted by Crippen LogP contribution is -2.25. The Kier molecular flexibility index (Phi) is 5.55. The Bertz CT molecular complexity index is 669. The van der Waals surface area contributed by atoms with Crippen LogP contribution >= 0.6 is 11.6 Å². The minimum Gasteiger partial charge on any atom is -0.352 e. The third-order valence-electron chi connectivity index (χ3n) is 3.06. The number of nitrogens with one attached hydrogen (secondary N) is 2. The number of benzene rings is 2. The summed E-state index contributed by atoms with van der Waals surface area (Å²) in [6.07, 6.45) is 0.719. The highest BCUT2D eigenvalue weighted by atomic mass is 35.5. The number of hydrogen-bond donors (Lipinski definition) is 2. The van der Waals surface area contributed by atoms with Gasteiger partial charge in [0, 0.05) is 29.7 Å². The van der Waals surface area contributed by atoms with Gasteiger partial charge in [-0.1, -0.05) is 23.7 Å². The molecule has 0 aliphatic heterocycles. The third-order valence-corrected chi connectivity index (χ3v) is 3.29. The van der Waals surface area contributed by atoms with Crippen LogP contribution in [0.2, 0.25) is 5.02 Å². The SMILES string of the molecule is CC(=O)Nc1ccc(C(=O)NCCc2cccc(Cl)c2)cc1. The lowest BCUT2D eigenvalue weighted by molar-refractivity contribution is -0.114. The topological polar surface area (TPSA) is 58.2 Å². The highest BCUT2D eigenvalue weighted by molar-refractivity contribution is 6.30. The molecule has 0 heterocycles. The van der Waals surface area contributed by atoms with Gasteiger partial charge < -0.3 is 10.6 Å². The highest BCUT2D eigenvalue weighted by Gasteiger charge is 2.05. The summed E-state index contributed by atoms with van der Waals surface area (Å²) in [4.78, 5) is 22.9. The maximum Gasteiger partial charge on any atom is 0.251 e. The largest absolute Gasteiger partial charge is 0.352 e. The summed E-state index contributed by atoms with van der Waals surface area (Å²) in [7, 11) is 0. The summed E-state index contributed by atoms with van der Waals surface area (Å²) < 4.78 is 0. The summed E-state index contributed by atoms with van der Waals surface area (Å²) in [6.45, 7) is 1.98. The second-order valence-corrected chi connectivity index (χ2v) is 5.33. The zero-order chi connectivity index (χ0) is 15.9. The monoisotopic (exact) mass is 316 g/mol. The number of rotatable bonds is 5. The maximum absolute atomic E-state index is 12.0. The van der Waals surface area contributed by atoms with Crippen LogP contribution in [-0.4, -0.2) is 18.4 Å². The van der Waals surface area contributed by atoms with E-state index >= 15 is 0 Å². The number of hydrogen-bond acceptors (Lipinski definition) is 2. The van der Waals surface area contributed by atoms with E-state index in [0.29, 0.717) is 22.8 Å². The van der Waals surface area contributed by atoms with Crippen LogP contribution in [0.3, 0.4) is 0 Å². The van der Waals surface area contributed by atoms with Crippen LogP contribution in [-0.2, 0) is 11.2 Å². The fourth-order valence-electron chi connectivity index (χ4n) is 2.02. The normalized spacial score (nSPS) is 10.1. The molecule has 2 N–H and O–H groups in total. The summed E-state index contributed by atoms with van der Waals surface area (Å²) in [5.74, 6) is -0.282. The Labute approximate surface area is 134 Å². The molecule has 0 atom stereocenters. The first-order valence-corrected chi connectivity index (χ1v) is 7.33. The lowest BCUT2D eigenvalue weighted by atomic mass is 10.1. The zero-order valence-corrected chi connectivity index (χ0v) is 13.0. The van der Waals surface area contributed by atoms with Gasteiger partial charge in [0.15, 0.2) is 0 Å². The summed E-state index contributed by atoms with van der Waals surface area (Å²) >= 11 is 5.92. The van der Waals surface area contributed by atoms with Gasteiger partial charge in [0.05, 0.1) is 0 Å². The van der Waals surface area contributed by atoms with Gasteiger partial charge in [-0.3, -0.25) is 9.59 Å². The minimum atomic E-state index is -0.142. The van der Waals surface area contributed by atoms with Crippen molar-refractivity contribution in [2.45, 2.75) is 13.3 Å². The molecule has 2 aromatic carbocycles. The molecule has 0 aromatic heterocycles. The summed E-state index contributed by atoms with van der Waals surface area (Å²) in [6, 6.07) is 14.3. The van der Waals surface area contributed by atoms with Crippen molar-refractivity contribution in [3.8, 4) is 0 Å². The first-order valence-electron chi connectivity index (χ1n) is 6.95. The smallest absolute Gasteiger partial charge is 0.251 e. The lowest BCUT2D eigenvalue weighted by Gasteiger charge is -2.07. The minimum absolute atomic E-state index is 0.140. The van der Waals surface area contributed by atoms with Crippen molar-refractivity contribution in [1.82, 2.24) is 5.32 Å². The predicted octanol–water partition coefficient (Wildman–Crippen LogP) is 3.27. The number of anilines is 1. The van der Waals surface area contributed by atoms with E-state index in [1.54, 1.807) is 24.3 Å². The van der Waals surface area contributed by atoms with E-state index in [4.69, 9.17) is 11.6 Å². The first-order chi connectivity index (χ1) is 10.5. The number of carbonyl (C=O) groups excluding carboxylic acids is 2. The molecular formula is C17H17ClN2O2. The molecular weight excluding hydrogens is 300 g/mol. The van der Waals surface area contributed by atoms with E-state index in [9.17, 15) is 9.59 Å². The Hall–Kier alpha value is -2.33. The van der Waals surface area contributed by atoms with E-state index in [1.807, 2.05) is 24.3 Å². The number of amides is 2. The van der Waals surface area contributed by atoms with E-state index in [2.05, 4.69) is 10.6 Å². The molecule has 2 amide bonds. The molecule has 0 bridgehead atoms. The van der Waals surface area contributed by atoms with Crippen LogP contribution in [0.5, 0.6) is 0 Å². The molecule has 2 rings (SSSR count). The molecule has 0 saturated heterocycles. The molecule has 114 valence electrons. The van der Waals surface area contributed by atoms with Crippen LogP contribution in [0.15, 0.2) is 48.5 Å². The fourth-order valence-corrected chi connectivity index (χ4v) is 2.24. The van der Waals surface area contributed by atoms with Gasteiger partial charge in [-0.05, 0) is 48.4 Å². The van der Waals surface area contributed by atoms with Crippen molar-refractivity contribution in [1.29, 1.82) is 0 Å². The predicted molar refractivity (Wildman–Crippen MR) is 88.2 cm³/mol. The van der Waals surface area contributed by atoms with Gasteiger partial charge in [-0.15, -0.1) is 0 Å². The highest BCUT2D eigenvalue weighted by Crippen LogP contribution is 2.11. The van der Waals surface area contributed by atoms with Gasteiger partial charge in [0.1, 0.15) is 0 Å². The van der Waals surface area contributed by atoms with Crippen molar-refractivity contribution >= 4 is 29.1 Å². The van der Waals surface area contributed by atoms with Crippen LogP contribution in [0.1, 0.15) is 22.8 Å². The molecule has 0 fully saturated rings. The maximum atomic E-state index is 12.0. The first kappa shape index (κ1) is 16.0. The average Bonchev–Trinajstić information content (AvgIpc) is 2.47. The van der Waals surface area contributed by atoms with Crippen LogP contribution in [0.4, 0.5) is 5.69 Å². The Balaban J connectivity index is 1.85. The van der Waals surface area contributed by atoms with E-state index in [-0.39, 0.29) is 11.8 Å². The van der Waals surface area contributed by atoms with Gasteiger partial charge in [0.2, 0.25) is 5.91 Å². The zero-order valence-electron chi connectivity index (χ0n) is 12.2. The molecule has 0 radical (unpaired) electrons. The fraction of sp³-hybridized carbons (Fsp3) is 0.176. The molecule has 4 nitrogen and oxygen atoms in total. The van der Waals surface area contributed by atoms with Crippen LogP contribution in [0.25, 0.3) is 0 Å². The second-order valence-electron chi connectivity index (χ2n) is 4.89. The third kappa shape index (κ3) is 4.90. The molecule has 22 heavy (non-hydrogen) atoms. The van der Waals surface area contributed by atoms with Crippen molar-refractivity contribution in [3.05, 3.63) is 64.7 Å². The average molecular weight is 317 g/mol. The quantitative estimate of drug-likeness (QED) is 0.889. The molecule has 0 aliphatic rings. The van der Waals surface area contributed by atoms with Gasteiger partial charge in [0.25, 0.3) is 5.91 Å². The Morgan fingerprint density at radius 2 is 1.82 bits per heavy atom. The van der Waals surface area contributed by atoms with Crippen LogP contribution < -0.4 is 10.6 Å². The van der Waals surface area contributed by atoms with Crippen LogP contribution in [0, 0.1) is 0 Å². The summed E-state index contributed by atoms with van der Waals surface area (Å²) in [5.41, 5.74) is 2.30. The molecule has 2 aromatic rings. The Morgan fingerprint density at radius 3 is 2.45 bits per heavy atom. The number of halogens is 1. The molecule has 0 aliphatic carbocycles. The van der Waals surface area contributed by atoms with Crippen molar-refractivity contribution in [2.75, 3.05) is 11.9 Å². The van der Waals surface area contributed by atoms with Crippen molar-refractivity contribution in [2.24, 2.45) is 0 Å². The van der Waals surface area contributed by atoms with E-state index in [1.165, 1.54) is 6.92 Å². The summed E-state index contributed by atoms with van der Waals surface area (Å²) in [5, 5.41) is 6.21. The number of carbonyl (C=O) groups is 2.